The number of hydrogen-bond acceptors (Lipinski definition) is 3. The van der Waals surface area contributed by atoms with Crippen molar-refractivity contribution in [1.29, 1.82) is 0 Å². The maximum Gasteiger partial charge on any atom is 0.391 e. The number of ether oxygens (including phenoxy) is 1. The number of carbonyl (C=O) groups is 1. The third-order valence-electron chi connectivity index (χ3n) is 3.89. The van der Waals surface area contributed by atoms with Crippen LogP contribution in [0.1, 0.15) is 18.4 Å². The van der Waals surface area contributed by atoms with Crippen LogP contribution in [0.5, 0.6) is 11.5 Å². The molecule has 0 atom stereocenters. The zero-order valence-corrected chi connectivity index (χ0v) is 12.6. The standard InChI is InChI=1S/C16H18F3NO3/c1-23-14-4-2-11(10-13(14)21)3-5-15(22)20-8-6-12(7-9-20)16(17,18)19/h2-5,10,12,21H,6-9H2,1H3. The maximum atomic E-state index is 12.6. The highest BCUT2D eigenvalue weighted by atomic mass is 19.4. The maximum absolute atomic E-state index is 12.6. The van der Waals surface area contributed by atoms with E-state index in [0.717, 1.165) is 0 Å². The van der Waals surface area contributed by atoms with Gasteiger partial charge in [0, 0.05) is 19.2 Å². The number of nitrogens with zero attached hydrogens (tertiary/aromatic N) is 1. The van der Waals surface area contributed by atoms with Crippen LogP contribution in [0, 0.1) is 5.92 Å². The zero-order valence-electron chi connectivity index (χ0n) is 12.6. The number of aromatic hydroxyl groups is 1. The second-order valence-corrected chi connectivity index (χ2v) is 5.41. The van der Waals surface area contributed by atoms with Crippen molar-refractivity contribution in [2.24, 2.45) is 5.92 Å². The molecule has 0 radical (unpaired) electrons. The molecule has 0 aliphatic carbocycles. The molecule has 126 valence electrons. The molecule has 1 aromatic carbocycles. The van der Waals surface area contributed by atoms with Crippen molar-refractivity contribution in [1.82, 2.24) is 4.90 Å². The predicted molar refractivity (Wildman–Crippen MR) is 79.1 cm³/mol. The number of phenols is 1. The van der Waals surface area contributed by atoms with E-state index in [2.05, 4.69) is 0 Å². The number of hydrogen-bond donors (Lipinski definition) is 1. The van der Waals surface area contributed by atoms with Crippen molar-refractivity contribution < 1.29 is 27.8 Å². The Bertz CT molecular complexity index is 591. The number of amides is 1. The number of rotatable bonds is 3. The summed E-state index contributed by atoms with van der Waals surface area (Å²) in [6.45, 7) is 0.197. The Kier molecular flexibility index (Phi) is 5.18. The van der Waals surface area contributed by atoms with Crippen LogP contribution >= 0.6 is 0 Å². The highest BCUT2D eigenvalue weighted by Crippen LogP contribution is 2.34. The van der Waals surface area contributed by atoms with Gasteiger partial charge in [-0.05, 0) is 36.6 Å². The molecule has 1 saturated heterocycles. The van der Waals surface area contributed by atoms with Crippen molar-refractivity contribution >= 4 is 12.0 Å². The van der Waals surface area contributed by atoms with Crippen LogP contribution in [0.2, 0.25) is 0 Å². The molecule has 1 fully saturated rings. The molecule has 2 rings (SSSR count). The van der Waals surface area contributed by atoms with Crippen LogP contribution in [0.15, 0.2) is 24.3 Å². The Balaban J connectivity index is 1.94. The number of carbonyl (C=O) groups excluding carboxylic acids is 1. The number of piperidine rings is 1. The molecule has 0 saturated carbocycles. The van der Waals surface area contributed by atoms with Crippen LogP contribution in [-0.4, -0.2) is 42.3 Å². The molecule has 1 amide bonds. The number of phenolic OH excluding ortho intramolecular Hbond substituents is 1. The van der Waals surface area contributed by atoms with Gasteiger partial charge in [-0.1, -0.05) is 6.07 Å². The van der Waals surface area contributed by atoms with E-state index in [-0.39, 0.29) is 37.6 Å². The third kappa shape index (κ3) is 4.40. The van der Waals surface area contributed by atoms with E-state index in [1.165, 1.54) is 30.2 Å². The Hall–Kier alpha value is -2.18. The second-order valence-electron chi connectivity index (χ2n) is 5.41. The SMILES string of the molecule is COc1ccc(C=CC(=O)N2CCC(C(F)(F)F)CC2)cc1O. The lowest BCUT2D eigenvalue weighted by molar-refractivity contribution is -0.186. The average Bonchev–Trinajstić information content (AvgIpc) is 2.52. The predicted octanol–water partition coefficient (Wildman–Crippen LogP) is 3.21. The molecule has 0 spiro atoms. The molecule has 1 heterocycles. The lowest BCUT2D eigenvalue weighted by Crippen LogP contribution is -2.41. The first kappa shape index (κ1) is 17.2. The van der Waals surface area contributed by atoms with Crippen molar-refractivity contribution in [2.45, 2.75) is 19.0 Å². The highest BCUT2D eigenvalue weighted by molar-refractivity contribution is 5.91. The number of methoxy groups -OCH3 is 1. The lowest BCUT2D eigenvalue weighted by atomic mass is 9.96. The molecular formula is C16H18F3NO3. The fourth-order valence-corrected chi connectivity index (χ4v) is 2.51. The Morgan fingerprint density at radius 3 is 2.52 bits per heavy atom. The summed E-state index contributed by atoms with van der Waals surface area (Å²) in [6, 6.07) is 4.67. The van der Waals surface area contributed by atoms with Gasteiger partial charge in [-0.3, -0.25) is 4.79 Å². The minimum atomic E-state index is -4.19. The average molecular weight is 329 g/mol. The molecule has 7 heteroatoms. The van der Waals surface area contributed by atoms with Gasteiger partial charge in [0.15, 0.2) is 11.5 Å². The Labute approximate surface area is 132 Å². The fraction of sp³-hybridized carbons (Fsp3) is 0.438. The smallest absolute Gasteiger partial charge is 0.391 e. The first-order chi connectivity index (χ1) is 10.8. The molecular weight excluding hydrogens is 311 g/mol. The van der Waals surface area contributed by atoms with Gasteiger partial charge in [0.25, 0.3) is 0 Å². The largest absolute Gasteiger partial charge is 0.504 e. The van der Waals surface area contributed by atoms with Crippen molar-refractivity contribution in [3.05, 3.63) is 29.8 Å². The van der Waals surface area contributed by atoms with E-state index in [9.17, 15) is 23.1 Å². The van der Waals surface area contributed by atoms with Crippen molar-refractivity contribution in [3.8, 4) is 11.5 Å². The normalized spacial score (nSPS) is 16.8. The molecule has 1 aliphatic rings. The number of likely N-dealkylation sites (tertiary alicyclic amines) is 1. The second kappa shape index (κ2) is 6.93. The summed E-state index contributed by atoms with van der Waals surface area (Å²) in [5.41, 5.74) is 0.599. The van der Waals surface area contributed by atoms with E-state index in [1.807, 2.05) is 0 Å². The van der Waals surface area contributed by atoms with Gasteiger partial charge in [0.05, 0.1) is 13.0 Å². The lowest BCUT2D eigenvalue weighted by Gasteiger charge is -2.32. The summed E-state index contributed by atoms with van der Waals surface area (Å²) < 4.78 is 42.7. The Morgan fingerprint density at radius 1 is 1.35 bits per heavy atom. The van der Waals surface area contributed by atoms with E-state index in [0.29, 0.717) is 11.3 Å². The molecule has 4 nitrogen and oxygen atoms in total. The van der Waals surface area contributed by atoms with Crippen LogP contribution in [0.25, 0.3) is 6.08 Å². The van der Waals surface area contributed by atoms with Gasteiger partial charge in [0.1, 0.15) is 0 Å². The summed E-state index contributed by atoms with van der Waals surface area (Å²) in [5.74, 6) is -1.38. The van der Waals surface area contributed by atoms with Gasteiger partial charge in [-0.25, -0.2) is 0 Å². The number of alkyl halides is 3. The molecule has 23 heavy (non-hydrogen) atoms. The van der Waals surface area contributed by atoms with E-state index >= 15 is 0 Å². The summed E-state index contributed by atoms with van der Waals surface area (Å²) in [4.78, 5) is 13.4. The minimum Gasteiger partial charge on any atom is -0.504 e. The van der Waals surface area contributed by atoms with E-state index in [4.69, 9.17) is 4.74 Å². The van der Waals surface area contributed by atoms with E-state index < -0.39 is 12.1 Å². The molecule has 1 aliphatic heterocycles. The van der Waals surface area contributed by atoms with Crippen LogP contribution in [-0.2, 0) is 4.79 Å². The molecule has 0 bridgehead atoms. The van der Waals surface area contributed by atoms with Gasteiger partial charge in [0.2, 0.25) is 5.91 Å². The zero-order chi connectivity index (χ0) is 17.0. The summed E-state index contributed by atoms with van der Waals surface area (Å²) >= 11 is 0. The third-order valence-corrected chi connectivity index (χ3v) is 3.89. The first-order valence-corrected chi connectivity index (χ1v) is 7.22. The highest BCUT2D eigenvalue weighted by Gasteiger charge is 2.41. The monoisotopic (exact) mass is 329 g/mol. The van der Waals surface area contributed by atoms with E-state index in [1.54, 1.807) is 12.1 Å². The van der Waals surface area contributed by atoms with Gasteiger partial charge in [-0.2, -0.15) is 13.2 Å². The number of benzene rings is 1. The Morgan fingerprint density at radius 2 is 2.00 bits per heavy atom. The first-order valence-electron chi connectivity index (χ1n) is 7.22. The number of halogens is 3. The summed E-state index contributed by atoms with van der Waals surface area (Å²) in [5, 5.41) is 9.65. The molecule has 0 unspecified atom stereocenters. The molecule has 0 aromatic heterocycles. The minimum absolute atomic E-state index is 0.0481. The van der Waals surface area contributed by atoms with Gasteiger partial charge < -0.3 is 14.7 Å². The van der Waals surface area contributed by atoms with Gasteiger partial charge in [-0.15, -0.1) is 0 Å². The van der Waals surface area contributed by atoms with Crippen molar-refractivity contribution in [3.63, 3.8) is 0 Å². The molecule has 1 aromatic rings. The fourth-order valence-electron chi connectivity index (χ4n) is 2.51. The van der Waals surface area contributed by atoms with Crippen LogP contribution < -0.4 is 4.74 Å². The summed E-state index contributed by atoms with van der Waals surface area (Å²) in [6.07, 6.45) is -1.50. The van der Waals surface area contributed by atoms with Crippen molar-refractivity contribution in [2.75, 3.05) is 20.2 Å². The summed E-state index contributed by atoms with van der Waals surface area (Å²) in [7, 11) is 1.43. The van der Waals surface area contributed by atoms with Gasteiger partial charge >= 0.3 is 6.18 Å². The quantitative estimate of drug-likeness (QED) is 0.866. The molecule has 1 N–H and O–H groups in total. The van der Waals surface area contributed by atoms with Crippen LogP contribution in [0.4, 0.5) is 13.2 Å². The van der Waals surface area contributed by atoms with Crippen LogP contribution in [0.3, 0.4) is 0 Å². The topological polar surface area (TPSA) is 49.8 Å².